The molecule has 82 valence electrons. The minimum atomic E-state index is 0.510. The van der Waals surface area contributed by atoms with Gasteiger partial charge in [-0.05, 0) is 31.9 Å². The fraction of sp³-hybridized carbons (Fsp3) is 0.286. The molecule has 0 aliphatic rings. The number of rotatable bonds is 4. The lowest BCUT2D eigenvalue weighted by Crippen LogP contribution is -1.95. The van der Waals surface area contributed by atoms with E-state index in [1.165, 1.54) is 5.56 Å². The summed E-state index contributed by atoms with van der Waals surface area (Å²) in [6.45, 7) is 4.59. The maximum Gasteiger partial charge on any atom is 0.135 e. The van der Waals surface area contributed by atoms with E-state index >= 15 is 0 Å². The van der Waals surface area contributed by atoms with Crippen LogP contribution in [0.1, 0.15) is 19.4 Å². The first kappa shape index (κ1) is 12.2. The Morgan fingerprint density at radius 1 is 1.31 bits per heavy atom. The molecule has 0 saturated heterocycles. The molecule has 1 aromatic rings. The van der Waals surface area contributed by atoms with Crippen LogP contribution in [0.25, 0.3) is 0 Å². The van der Waals surface area contributed by atoms with Crippen molar-refractivity contribution in [1.82, 2.24) is 0 Å². The van der Waals surface area contributed by atoms with Crippen LogP contribution in [-0.2, 0) is 6.42 Å². The van der Waals surface area contributed by atoms with Crippen LogP contribution in [0.3, 0.4) is 0 Å². The van der Waals surface area contributed by atoms with E-state index in [2.05, 4.69) is 23.2 Å². The number of nitrogens with zero attached hydrogens (tertiary/aromatic N) is 2. The van der Waals surface area contributed by atoms with Crippen LogP contribution in [0.2, 0.25) is 0 Å². The van der Waals surface area contributed by atoms with Crippen LogP contribution in [-0.4, -0.2) is 12.3 Å². The zero-order chi connectivity index (χ0) is 11.8. The molecule has 2 nitrogen and oxygen atoms in total. The van der Waals surface area contributed by atoms with E-state index in [9.17, 15) is 0 Å². The monoisotopic (exact) mass is 212 g/mol. The number of nitriles is 1. The van der Waals surface area contributed by atoms with Gasteiger partial charge in [-0.25, -0.2) is 0 Å². The Morgan fingerprint density at radius 2 is 2.00 bits per heavy atom. The standard InChI is InChI=1S/C14H16N2/c1-12(2)10-14(11-15)16-9-8-13-6-4-3-5-7-13/h3-7,10H,8-9H2,1-2H3. The van der Waals surface area contributed by atoms with Crippen LogP contribution in [0.4, 0.5) is 0 Å². The van der Waals surface area contributed by atoms with Crippen LogP contribution in [0.5, 0.6) is 0 Å². The molecule has 0 N–H and O–H groups in total. The van der Waals surface area contributed by atoms with Crippen LogP contribution in [0, 0.1) is 11.3 Å². The lowest BCUT2D eigenvalue weighted by atomic mass is 10.1. The number of hydrogen-bond donors (Lipinski definition) is 0. The van der Waals surface area contributed by atoms with Crippen molar-refractivity contribution in [3.63, 3.8) is 0 Å². The first-order valence-electron chi connectivity index (χ1n) is 5.36. The van der Waals surface area contributed by atoms with E-state index in [1.807, 2.05) is 38.1 Å². The molecule has 0 unspecified atom stereocenters. The van der Waals surface area contributed by atoms with Gasteiger partial charge >= 0.3 is 0 Å². The summed E-state index contributed by atoms with van der Waals surface area (Å²) in [7, 11) is 0. The van der Waals surface area contributed by atoms with Gasteiger partial charge in [-0.1, -0.05) is 35.9 Å². The van der Waals surface area contributed by atoms with Gasteiger partial charge in [0.25, 0.3) is 0 Å². The molecule has 0 radical (unpaired) electrons. The Kier molecular flexibility index (Phi) is 5.01. The van der Waals surface area contributed by atoms with Gasteiger partial charge < -0.3 is 0 Å². The van der Waals surface area contributed by atoms with Gasteiger partial charge in [0.05, 0.1) is 0 Å². The van der Waals surface area contributed by atoms with Gasteiger partial charge in [0, 0.05) is 6.54 Å². The highest BCUT2D eigenvalue weighted by Crippen LogP contribution is 2.00. The van der Waals surface area contributed by atoms with Crippen LogP contribution < -0.4 is 0 Å². The molecule has 0 fully saturated rings. The summed E-state index contributed by atoms with van der Waals surface area (Å²) >= 11 is 0. The molecule has 0 aliphatic carbocycles. The summed E-state index contributed by atoms with van der Waals surface area (Å²) < 4.78 is 0. The molecular weight excluding hydrogens is 196 g/mol. The zero-order valence-corrected chi connectivity index (χ0v) is 9.77. The van der Waals surface area contributed by atoms with Crippen molar-refractivity contribution >= 4 is 5.71 Å². The van der Waals surface area contributed by atoms with Crippen molar-refractivity contribution in [3.05, 3.63) is 47.5 Å². The van der Waals surface area contributed by atoms with E-state index in [0.717, 1.165) is 12.0 Å². The summed E-state index contributed by atoms with van der Waals surface area (Å²) in [5.41, 5.74) is 2.86. The lowest BCUT2D eigenvalue weighted by molar-refractivity contribution is 0.970. The van der Waals surface area contributed by atoms with Crippen molar-refractivity contribution in [2.45, 2.75) is 20.3 Å². The van der Waals surface area contributed by atoms with Gasteiger partial charge in [-0.3, -0.25) is 4.99 Å². The Hall–Kier alpha value is -1.88. The fourth-order valence-electron chi connectivity index (χ4n) is 1.34. The van der Waals surface area contributed by atoms with Crippen molar-refractivity contribution in [1.29, 1.82) is 5.26 Å². The summed E-state index contributed by atoms with van der Waals surface area (Å²) in [6.07, 6.45) is 2.69. The molecule has 0 aromatic heterocycles. The maximum absolute atomic E-state index is 8.85. The van der Waals surface area contributed by atoms with Gasteiger partial charge in [0.15, 0.2) is 0 Å². The normalized spacial score (nSPS) is 10.7. The van der Waals surface area contributed by atoms with Gasteiger partial charge in [-0.2, -0.15) is 5.26 Å². The van der Waals surface area contributed by atoms with Crippen LogP contribution in [0.15, 0.2) is 47.0 Å². The summed E-state index contributed by atoms with van der Waals surface area (Å²) in [4.78, 5) is 4.26. The minimum absolute atomic E-state index is 0.510. The Labute approximate surface area is 96.9 Å². The highest BCUT2D eigenvalue weighted by Gasteiger charge is 1.93. The molecule has 0 heterocycles. The third kappa shape index (κ3) is 4.56. The highest BCUT2D eigenvalue weighted by atomic mass is 14.7. The minimum Gasteiger partial charge on any atom is -0.274 e. The average molecular weight is 212 g/mol. The summed E-state index contributed by atoms with van der Waals surface area (Å²) in [6, 6.07) is 12.3. The molecule has 16 heavy (non-hydrogen) atoms. The van der Waals surface area contributed by atoms with Crippen molar-refractivity contribution in [2.75, 3.05) is 6.54 Å². The third-order valence-electron chi connectivity index (χ3n) is 2.07. The lowest BCUT2D eigenvalue weighted by Gasteiger charge is -1.97. The zero-order valence-electron chi connectivity index (χ0n) is 9.77. The van der Waals surface area contributed by atoms with Gasteiger partial charge in [-0.15, -0.1) is 0 Å². The SMILES string of the molecule is CC(C)=CC(C#N)=NCCc1ccccc1. The first-order valence-corrected chi connectivity index (χ1v) is 5.36. The average Bonchev–Trinajstić information content (AvgIpc) is 2.28. The van der Waals surface area contributed by atoms with E-state index in [0.29, 0.717) is 12.3 Å². The molecule has 0 bridgehead atoms. The largest absolute Gasteiger partial charge is 0.274 e. The molecule has 0 spiro atoms. The van der Waals surface area contributed by atoms with Crippen molar-refractivity contribution < 1.29 is 0 Å². The molecule has 2 heteroatoms. The van der Waals surface area contributed by atoms with E-state index in [-0.39, 0.29) is 0 Å². The molecule has 0 atom stereocenters. The number of aliphatic imine (C=N–C) groups is 1. The van der Waals surface area contributed by atoms with Crippen molar-refractivity contribution in [2.24, 2.45) is 4.99 Å². The van der Waals surface area contributed by atoms with Crippen molar-refractivity contribution in [3.8, 4) is 6.07 Å². The number of allylic oxidation sites excluding steroid dienone is 2. The molecule has 0 saturated carbocycles. The third-order valence-corrected chi connectivity index (χ3v) is 2.07. The molecule has 1 rings (SSSR count). The van der Waals surface area contributed by atoms with Gasteiger partial charge in [0.2, 0.25) is 0 Å². The Bertz CT molecular complexity index is 418. The Balaban J connectivity index is 2.54. The Morgan fingerprint density at radius 3 is 2.56 bits per heavy atom. The molecule has 0 aliphatic heterocycles. The smallest absolute Gasteiger partial charge is 0.135 e. The second kappa shape index (κ2) is 6.58. The van der Waals surface area contributed by atoms with E-state index in [1.54, 1.807) is 0 Å². The predicted octanol–water partition coefficient (Wildman–Crippen LogP) is 3.16. The topological polar surface area (TPSA) is 36.1 Å². The van der Waals surface area contributed by atoms with Gasteiger partial charge in [0.1, 0.15) is 11.8 Å². The highest BCUT2D eigenvalue weighted by molar-refractivity contribution is 6.07. The predicted molar refractivity (Wildman–Crippen MR) is 67.5 cm³/mol. The van der Waals surface area contributed by atoms with E-state index < -0.39 is 0 Å². The molecular formula is C14H16N2. The molecule has 1 aromatic carbocycles. The second-order valence-electron chi connectivity index (χ2n) is 3.84. The second-order valence-corrected chi connectivity index (χ2v) is 3.84. The molecule has 0 amide bonds. The maximum atomic E-state index is 8.85. The first-order chi connectivity index (χ1) is 7.72. The number of hydrogen-bond acceptors (Lipinski definition) is 2. The quantitative estimate of drug-likeness (QED) is 0.706. The number of benzene rings is 1. The summed E-state index contributed by atoms with van der Waals surface area (Å²) in [5, 5.41) is 8.85. The van der Waals surface area contributed by atoms with E-state index in [4.69, 9.17) is 5.26 Å². The van der Waals surface area contributed by atoms with Crippen LogP contribution >= 0.6 is 0 Å². The fourth-order valence-corrected chi connectivity index (χ4v) is 1.34. The summed E-state index contributed by atoms with van der Waals surface area (Å²) in [5.74, 6) is 0.